The van der Waals surface area contributed by atoms with Crippen molar-refractivity contribution in [1.29, 1.82) is 0 Å². The summed E-state index contributed by atoms with van der Waals surface area (Å²) in [6.45, 7) is 13.8. The Morgan fingerprint density at radius 1 is 1.03 bits per heavy atom. The average molecular weight is 506 g/mol. The maximum atomic E-state index is 13.8. The molecule has 5 N–H and O–H groups in total. The van der Waals surface area contributed by atoms with Gasteiger partial charge in [0, 0.05) is 12.6 Å². The molecule has 5 atom stereocenters. The number of amides is 5. The molecule has 3 aliphatic rings. The van der Waals surface area contributed by atoms with Crippen LogP contribution in [0.15, 0.2) is 0 Å². The Labute approximate surface area is 213 Å². The second-order valence-electron chi connectivity index (χ2n) is 12.8. The molecule has 1 saturated heterocycles. The van der Waals surface area contributed by atoms with Gasteiger partial charge in [-0.1, -0.05) is 53.9 Å². The van der Waals surface area contributed by atoms with E-state index in [4.69, 9.17) is 5.73 Å². The normalized spacial score (nSPS) is 26.3. The lowest BCUT2D eigenvalue weighted by Gasteiger charge is -2.38. The zero-order valence-corrected chi connectivity index (χ0v) is 22.6. The van der Waals surface area contributed by atoms with E-state index in [1.54, 1.807) is 4.90 Å². The minimum atomic E-state index is -1.07. The number of nitrogens with two attached hydrogens (primary N) is 1. The molecule has 2 saturated carbocycles. The van der Waals surface area contributed by atoms with Crippen molar-refractivity contribution >= 4 is 29.5 Å². The summed E-state index contributed by atoms with van der Waals surface area (Å²) in [6.07, 6.45) is 3.32. The molecule has 3 rings (SSSR count). The number of likely N-dealkylation sites (tertiary alicyclic amines) is 1. The van der Waals surface area contributed by atoms with Crippen LogP contribution in [0.4, 0.5) is 4.79 Å². The van der Waals surface area contributed by atoms with E-state index in [1.165, 1.54) is 0 Å². The number of Topliss-reactive ketones (excluding diaryl/α,β-unsaturated/α-hetero) is 1. The quantitative estimate of drug-likeness (QED) is 0.349. The maximum Gasteiger partial charge on any atom is 0.315 e. The first-order valence-corrected chi connectivity index (χ1v) is 13.1. The van der Waals surface area contributed by atoms with Crippen LogP contribution in [-0.2, 0) is 19.2 Å². The van der Waals surface area contributed by atoms with Crippen molar-refractivity contribution in [2.45, 2.75) is 98.3 Å². The van der Waals surface area contributed by atoms with Crippen LogP contribution in [0.5, 0.6) is 0 Å². The molecule has 1 heterocycles. The topological polar surface area (TPSA) is 151 Å². The van der Waals surface area contributed by atoms with E-state index in [2.05, 4.69) is 29.8 Å². The van der Waals surface area contributed by atoms with Crippen LogP contribution in [0, 0.1) is 28.6 Å². The smallest absolute Gasteiger partial charge is 0.315 e. The molecule has 36 heavy (non-hydrogen) atoms. The van der Waals surface area contributed by atoms with Gasteiger partial charge < -0.3 is 26.6 Å². The number of primary amides is 1. The molecule has 1 aliphatic heterocycles. The Morgan fingerprint density at radius 3 is 2.11 bits per heavy atom. The van der Waals surface area contributed by atoms with Crippen LogP contribution in [0.25, 0.3) is 0 Å². The molecule has 3 fully saturated rings. The maximum absolute atomic E-state index is 13.8. The molecular weight excluding hydrogens is 462 g/mol. The van der Waals surface area contributed by atoms with E-state index in [0.717, 1.165) is 19.3 Å². The third-order valence-electron chi connectivity index (χ3n) is 8.24. The number of nitrogens with zero attached hydrogens (tertiary/aromatic N) is 1. The van der Waals surface area contributed by atoms with Crippen LogP contribution in [0.1, 0.15) is 74.1 Å². The Balaban J connectivity index is 1.83. The Bertz CT molecular complexity index is 920. The summed E-state index contributed by atoms with van der Waals surface area (Å²) in [5.74, 6) is -2.33. The van der Waals surface area contributed by atoms with Gasteiger partial charge in [-0.05, 0) is 48.9 Å². The molecule has 10 heteroatoms. The predicted molar refractivity (Wildman–Crippen MR) is 134 cm³/mol. The molecular formula is C26H43N5O5. The minimum Gasteiger partial charge on any atom is -0.363 e. The SMILES string of the molecule is CC(C)NC(=O)N[C@H](C(=O)N1CC2C([C@H]1C(=O)NC(CC1CCC1)C(=O)C(N)=O)C2(C)C)C(C)(C)C. The third-order valence-corrected chi connectivity index (χ3v) is 8.24. The number of rotatable bonds is 9. The summed E-state index contributed by atoms with van der Waals surface area (Å²) in [5, 5.41) is 8.33. The van der Waals surface area contributed by atoms with Gasteiger partial charge in [0.2, 0.25) is 17.6 Å². The predicted octanol–water partition coefficient (Wildman–Crippen LogP) is 1.32. The highest BCUT2D eigenvalue weighted by molar-refractivity contribution is 6.37. The number of urea groups is 1. The molecule has 0 bridgehead atoms. The highest BCUT2D eigenvalue weighted by Gasteiger charge is 2.69. The number of carbonyl (C=O) groups excluding carboxylic acids is 5. The summed E-state index contributed by atoms with van der Waals surface area (Å²) in [7, 11) is 0. The van der Waals surface area contributed by atoms with Crippen molar-refractivity contribution in [2.24, 2.45) is 34.3 Å². The van der Waals surface area contributed by atoms with E-state index in [9.17, 15) is 24.0 Å². The standard InChI is InChI=1S/C26H43N5O5/c1-13(2)28-24(36)30-20(25(3,4)5)23(35)31-12-15-17(26(15,6)7)18(31)22(34)29-16(19(32)21(27)33)11-14-9-8-10-14/h13-18,20H,8-12H2,1-7H3,(H2,27,33)(H,29,34)(H2,28,30,36)/t15?,16?,17?,18-,20+/m0/s1. The van der Waals surface area contributed by atoms with Gasteiger partial charge in [-0.15, -0.1) is 0 Å². The van der Waals surface area contributed by atoms with Gasteiger partial charge in [-0.2, -0.15) is 0 Å². The fraction of sp³-hybridized carbons (Fsp3) is 0.808. The number of hydrogen-bond donors (Lipinski definition) is 4. The second kappa shape index (κ2) is 10.0. The van der Waals surface area contributed by atoms with Crippen molar-refractivity contribution < 1.29 is 24.0 Å². The lowest BCUT2D eigenvalue weighted by molar-refractivity contribution is -0.145. The molecule has 10 nitrogen and oxygen atoms in total. The fourth-order valence-electron chi connectivity index (χ4n) is 5.78. The number of carbonyl (C=O) groups is 5. The molecule has 0 aromatic carbocycles. The highest BCUT2D eigenvalue weighted by atomic mass is 16.2. The zero-order valence-electron chi connectivity index (χ0n) is 22.6. The van der Waals surface area contributed by atoms with Crippen molar-refractivity contribution in [3.05, 3.63) is 0 Å². The van der Waals surface area contributed by atoms with Crippen molar-refractivity contribution in [2.75, 3.05) is 6.54 Å². The van der Waals surface area contributed by atoms with E-state index < -0.39 is 47.2 Å². The molecule has 2 aliphatic carbocycles. The number of nitrogens with one attached hydrogen (secondary N) is 3. The molecule has 5 amide bonds. The first-order valence-electron chi connectivity index (χ1n) is 13.1. The Kier molecular flexibility index (Phi) is 7.77. The summed E-state index contributed by atoms with van der Waals surface area (Å²) in [6, 6.07) is -3.19. The fourth-order valence-corrected chi connectivity index (χ4v) is 5.78. The Hall–Kier alpha value is -2.65. The van der Waals surface area contributed by atoms with Crippen LogP contribution in [0.2, 0.25) is 0 Å². The molecule has 0 spiro atoms. The van der Waals surface area contributed by atoms with Gasteiger partial charge in [-0.25, -0.2) is 4.79 Å². The van der Waals surface area contributed by atoms with Crippen molar-refractivity contribution in [3.8, 4) is 0 Å². The van der Waals surface area contributed by atoms with E-state index >= 15 is 0 Å². The summed E-state index contributed by atoms with van der Waals surface area (Å²) < 4.78 is 0. The van der Waals surface area contributed by atoms with E-state index in [0.29, 0.717) is 13.0 Å². The molecule has 0 radical (unpaired) electrons. The molecule has 3 unspecified atom stereocenters. The number of hydrogen-bond acceptors (Lipinski definition) is 5. The first kappa shape index (κ1) is 27.9. The van der Waals surface area contributed by atoms with Crippen LogP contribution >= 0.6 is 0 Å². The molecule has 202 valence electrons. The van der Waals surface area contributed by atoms with Crippen LogP contribution in [0.3, 0.4) is 0 Å². The van der Waals surface area contributed by atoms with Gasteiger partial charge in [0.1, 0.15) is 12.1 Å². The van der Waals surface area contributed by atoms with Gasteiger partial charge in [0.05, 0.1) is 6.04 Å². The van der Waals surface area contributed by atoms with Gasteiger partial charge in [0.15, 0.2) is 0 Å². The average Bonchev–Trinajstić information content (AvgIpc) is 3.06. The number of ketones is 1. The van der Waals surface area contributed by atoms with Gasteiger partial charge in [-0.3, -0.25) is 19.2 Å². The lowest BCUT2D eigenvalue weighted by atomic mass is 9.80. The lowest BCUT2D eigenvalue weighted by Crippen LogP contribution is -2.61. The van der Waals surface area contributed by atoms with Gasteiger partial charge in [0.25, 0.3) is 5.91 Å². The van der Waals surface area contributed by atoms with Crippen LogP contribution in [-0.4, -0.2) is 65.1 Å². The summed E-state index contributed by atoms with van der Waals surface area (Å²) >= 11 is 0. The number of piperidine rings is 1. The monoisotopic (exact) mass is 505 g/mol. The van der Waals surface area contributed by atoms with E-state index in [-0.39, 0.29) is 35.1 Å². The zero-order chi connectivity index (χ0) is 27.2. The van der Waals surface area contributed by atoms with Crippen LogP contribution < -0.4 is 21.7 Å². The third kappa shape index (κ3) is 5.67. The Morgan fingerprint density at radius 2 is 1.64 bits per heavy atom. The first-order chi connectivity index (χ1) is 16.6. The largest absolute Gasteiger partial charge is 0.363 e. The minimum absolute atomic E-state index is 0.0698. The highest BCUT2D eigenvalue weighted by Crippen LogP contribution is 2.65. The molecule has 0 aromatic heterocycles. The molecule has 0 aromatic rings. The van der Waals surface area contributed by atoms with Crippen molar-refractivity contribution in [1.82, 2.24) is 20.9 Å². The van der Waals surface area contributed by atoms with E-state index in [1.807, 2.05) is 34.6 Å². The second-order valence-corrected chi connectivity index (χ2v) is 12.8. The summed E-state index contributed by atoms with van der Waals surface area (Å²) in [4.78, 5) is 65.7. The number of fused-ring (bicyclic) bond motifs is 1. The summed E-state index contributed by atoms with van der Waals surface area (Å²) in [5.41, 5.74) is 4.54. The van der Waals surface area contributed by atoms with Crippen molar-refractivity contribution in [3.63, 3.8) is 0 Å². The van der Waals surface area contributed by atoms with Gasteiger partial charge >= 0.3 is 6.03 Å².